The summed E-state index contributed by atoms with van der Waals surface area (Å²) in [6.07, 6.45) is 7.95. The van der Waals surface area contributed by atoms with E-state index in [9.17, 15) is 0 Å². The Morgan fingerprint density at radius 3 is 2.60 bits per heavy atom. The number of rotatable bonds is 1. The summed E-state index contributed by atoms with van der Waals surface area (Å²) < 4.78 is 0. The van der Waals surface area contributed by atoms with Crippen molar-refractivity contribution < 1.29 is 0 Å². The van der Waals surface area contributed by atoms with Crippen molar-refractivity contribution in [2.24, 2.45) is 5.92 Å². The predicted octanol–water partition coefficient (Wildman–Crippen LogP) is 2.96. The third-order valence-electron chi connectivity index (χ3n) is 1.85. The summed E-state index contributed by atoms with van der Waals surface area (Å²) in [6, 6.07) is 0. The summed E-state index contributed by atoms with van der Waals surface area (Å²) in [6.45, 7) is 2.06. The molecule has 2 atom stereocenters. The monoisotopic (exact) mass is 176 g/mol. The maximum absolute atomic E-state index is 6.14. The predicted molar refractivity (Wildman–Crippen MR) is 46.7 cm³/mol. The van der Waals surface area contributed by atoms with Gasteiger partial charge in [0.05, 0.1) is 4.87 Å². The molecule has 0 radical (unpaired) electrons. The fourth-order valence-corrected chi connectivity index (χ4v) is 1.40. The summed E-state index contributed by atoms with van der Waals surface area (Å²) in [4.78, 5) is -0.351. The Morgan fingerprint density at radius 2 is 2.20 bits per heavy atom. The molecule has 0 saturated heterocycles. The lowest BCUT2D eigenvalue weighted by Gasteiger charge is -2.27. The van der Waals surface area contributed by atoms with Gasteiger partial charge in [-0.15, -0.1) is 23.2 Å². The zero-order valence-electron chi connectivity index (χ0n) is 5.85. The molecule has 0 heterocycles. The van der Waals surface area contributed by atoms with Crippen molar-refractivity contribution in [3.8, 4) is 0 Å². The van der Waals surface area contributed by atoms with Crippen LogP contribution in [-0.4, -0.2) is 10.8 Å². The van der Waals surface area contributed by atoms with Crippen LogP contribution in [0.5, 0.6) is 0 Å². The number of allylic oxidation sites excluding steroid dienone is 4. The Kier molecular flexibility index (Phi) is 2.43. The molecule has 2 heteroatoms. The number of hydrogen-bond acceptors (Lipinski definition) is 0. The Balaban J connectivity index is 2.77. The highest BCUT2D eigenvalue weighted by atomic mass is 35.5. The van der Waals surface area contributed by atoms with Crippen molar-refractivity contribution in [1.82, 2.24) is 0 Å². The average Bonchev–Trinajstić information content (AvgIpc) is 1.96. The number of hydrogen-bond donors (Lipinski definition) is 0. The van der Waals surface area contributed by atoms with Gasteiger partial charge in [0, 0.05) is 5.88 Å². The third-order valence-corrected chi connectivity index (χ3v) is 3.03. The topological polar surface area (TPSA) is 0 Å². The maximum atomic E-state index is 6.14. The molecule has 1 aliphatic carbocycles. The smallest absolute Gasteiger partial charge is 0.0823 e. The summed E-state index contributed by atoms with van der Waals surface area (Å²) in [5.41, 5.74) is 0. The highest BCUT2D eigenvalue weighted by molar-refractivity contribution is 6.32. The fourth-order valence-electron chi connectivity index (χ4n) is 0.924. The van der Waals surface area contributed by atoms with Gasteiger partial charge in [-0.05, 0) is 5.92 Å². The summed E-state index contributed by atoms with van der Waals surface area (Å²) in [5, 5.41) is 0. The fraction of sp³-hybridized carbons (Fsp3) is 0.500. The molecule has 10 heavy (non-hydrogen) atoms. The van der Waals surface area contributed by atoms with Crippen molar-refractivity contribution in [2.75, 3.05) is 5.88 Å². The molecule has 0 aromatic heterocycles. The lowest BCUT2D eigenvalue weighted by molar-refractivity contribution is 0.594. The van der Waals surface area contributed by atoms with Gasteiger partial charge in [0.15, 0.2) is 0 Å². The van der Waals surface area contributed by atoms with E-state index in [4.69, 9.17) is 23.2 Å². The van der Waals surface area contributed by atoms with Crippen LogP contribution in [0.3, 0.4) is 0 Å². The van der Waals surface area contributed by atoms with Gasteiger partial charge in [-0.1, -0.05) is 31.2 Å². The molecule has 0 aliphatic heterocycles. The number of halogens is 2. The lowest BCUT2D eigenvalue weighted by atomic mass is 9.91. The van der Waals surface area contributed by atoms with E-state index in [1.54, 1.807) is 0 Å². The van der Waals surface area contributed by atoms with Crippen molar-refractivity contribution >= 4 is 23.2 Å². The highest BCUT2D eigenvalue weighted by Crippen LogP contribution is 2.31. The van der Waals surface area contributed by atoms with Gasteiger partial charge in [-0.2, -0.15) is 0 Å². The summed E-state index contributed by atoms with van der Waals surface area (Å²) in [7, 11) is 0. The van der Waals surface area contributed by atoms with Crippen LogP contribution in [0.1, 0.15) is 6.92 Å². The normalized spacial score (nSPS) is 38.5. The zero-order valence-corrected chi connectivity index (χ0v) is 7.36. The van der Waals surface area contributed by atoms with Crippen LogP contribution in [-0.2, 0) is 0 Å². The molecule has 0 spiro atoms. The molecule has 0 amide bonds. The molecule has 0 bridgehead atoms. The minimum Gasteiger partial charge on any atom is -0.124 e. The second kappa shape index (κ2) is 2.98. The van der Waals surface area contributed by atoms with Gasteiger partial charge in [-0.3, -0.25) is 0 Å². The molecule has 0 fully saturated rings. The molecular formula is C8H10Cl2. The van der Waals surface area contributed by atoms with E-state index < -0.39 is 0 Å². The van der Waals surface area contributed by atoms with Gasteiger partial charge < -0.3 is 0 Å². The van der Waals surface area contributed by atoms with Gasteiger partial charge in [-0.25, -0.2) is 0 Å². The summed E-state index contributed by atoms with van der Waals surface area (Å²) in [5.74, 6) is 0.799. The van der Waals surface area contributed by atoms with E-state index in [-0.39, 0.29) is 4.87 Å². The Labute approximate surface area is 71.5 Å². The lowest BCUT2D eigenvalue weighted by Crippen LogP contribution is -2.29. The molecule has 1 rings (SSSR count). The standard InChI is InChI=1S/C8H10Cl2/c1-7-4-2-3-5-8(7,10)6-9/h2-5,7H,6H2,1H3. The Hall–Kier alpha value is 0.0600. The maximum Gasteiger partial charge on any atom is 0.0823 e. The first kappa shape index (κ1) is 8.16. The van der Waals surface area contributed by atoms with E-state index in [0.29, 0.717) is 11.8 Å². The van der Waals surface area contributed by atoms with E-state index in [1.165, 1.54) is 0 Å². The van der Waals surface area contributed by atoms with Crippen LogP contribution in [0.25, 0.3) is 0 Å². The first-order valence-electron chi connectivity index (χ1n) is 3.30. The largest absolute Gasteiger partial charge is 0.124 e. The second-order valence-electron chi connectivity index (χ2n) is 2.59. The second-order valence-corrected chi connectivity index (χ2v) is 3.56. The Bertz CT molecular complexity index is 172. The van der Waals surface area contributed by atoms with Gasteiger partial charge in [0.25, 0.3) is 0 Å². The van der Waals surface area contributed by atoms with Gasteiger partial charge in [0.2, 0.25) is 0 Å². The van der Waals surface area contributed by atoms with Gasteiger partial charge >= 0.3 is 0 Å². The van der Waals surface area contributed by atoms with Crippen LogP contribution >= 0.6 is 23.2 Å². The molecule has 2 unspecified atom stereocenters. The summed E-state index contributed by atoms with van der Waals surface area (Å²) >= 11 is 11.8. The highest BCUT2D eigenvalue weighted by Gasteiger charge is 2.29. The SMILES string of the molecule is CC1C=CC=CC1(Cl)CCl. The molecule has 0 nitrogen and oxygen atoms in total. The minimum atomic E-state index is -0.351. The van der Waals surface area contributed by atoms with Crippen LogP contribution in [0.15, 0.2) is 24.3 Å². The van der Waals surface area contributed by atoms with Crippen LogP contribution < -0.4 is 0 Å². The molecular weight excluding hydrogens is 167 g/mol. The molecule has 1 aliphatic rings. The first-order chi connectivity index (χ1) is 4.69. The molecule has 0 aromatic rings. The van der Waals surface area contributed by atoms with Crippen molar-refractivity contribution in [3.63, 3.8) is 0 Å². The van der Waals surface area contributed by atoms with E-state index in [0.717, 1.165) is 0 Å². The Morgan fingerprint density at radius 1 is 1.50 bits per heavy atom. The first-order valence-corrected chi connectivity index (χ1v) is 4.21. The molecule has 0 aromatic carbocycles. The van der Waals surface area contributed by atoms with Crippen molar-refractivity contribution in [2.45, 2.75) is 11.8 Å². The molecule has 56 valence electrons. The van der Waals surface area contributed by atoms with E-state index in [1.807, 2.05) is 18.2 Å². The molecule has 0 saturated carbocycles. The van der Waals surface area contributed by atoms with E-state index in [2.05, 4.69) is 13.0 Å². The van der Waals surface area contributed by atoms with Crippen LogP contribution in [0.2, 0.25) is 0 Å². The van der Waals surface area contributed by atoms with Gasteiger partial charge in [0.1, 0.15) is 0 Å². The van der Waals surface area contributed by atoms with Crippen molar-refractivity contribution in [1.29, 1.82) is 0 Å². The average molecular weight is 177 g/mol. The number of alkyl halides is 2. The zero-order chi connectivity index (χ0) is 7.61. The molecule has 0 N–H and O–H groups in total. The third kappa shape index (κ3) is 1.38. The van der Waals surface area contributed by atoms with E-state index >= 15 is 0 Å². The van der Waals surface area contributed by atoms with Crippen LogP contribution in [0.4, 0.5) is 0 Å². The minimum absolute atomic E-state index is 0.330. The quantitative estimate of drug-likeness (QED) is 0.540. The van der Waals surface area contributed by atoms with Crippen molar-refractivity contribution in [3.05, 3.63) is 24.3 Å². The van der Waals surface area contributed by atoms with Crippen LogP contribution in [0, 0.1) is 5.92 Å².